The Morgan fingerprint density at radius 3 is 2.71 bits per heavy atom. The predicted octanol–water partition coefficient (Wildman–Crippen LogP) is 5.19. The summed E-state index contributed by atoms with van der Waals surface area (Å²) in [6.45, 7) is 3.89. The van der Waals surface area contributed by atoms with E-state index in [-0.39, 0.29) is 11.9 Å². The molecule has 1 aliphatic rings. The van der Waals surface area contributed by atoms with Crippen molar-refractivity contribution >= 4 is 5.69 Å². The van der Waals surface area contributed by atoms with Gasteiger partial charge in [0.1, 0.15) is 5.82 Å². The van der Waals surface area contributed by atoms with Crippen LogP contribution in [0, 0.1) is 12.7 Å². The summed E-state index contributed by atoms with van der Waals surface area (Å²) in [5, 5.41) is 3.57. The largest absolute Gasteiger partial charge is 0.378 e. The highest BCUT2D eigenvalue weighted by atomic mass is 19.1. The molecule has 0 aromatic heterocycles. The highest BCUT2D eigenvalue weighted by Gasteiger charge is 2.15. The van der Waals surface area contributed by atoms with Gasteiger partial charge in [-0.3, -0.25) is 0 Å². The van der Waals surface area contributed by atoms with Crippen molar-refractivity contribution < 1.29 is 4.39 Å². The van der Waals surface area contributed by atoms with Crippen LogP contribution in [-0.4, -0.2) is 0 Å². The number of nitrogens with one attached hydrogen (secondary N) is 1. The number of hydrogen-bond donors (Lipinski definition) is 1. The normalized spacial score (nSPS) is 15.4. The van der Waals surface area contributed by atoms with Gasteiger partial charge in [-0.1, -0.05) is 24.3 Å². The number of rotatable bonds is 3. The summed E-state index contributed by atoms with van der Waals surface area (Å²) in [6.07, 6.45) is 4.88. The van der Waals surface area contributed by atoms with Gasteiger partial charge < -0.3 is 5.32 Å². The molecule has 1 nitrogen and oxygen atoms in total. The first-order valence-electron chi connectivity index (χ1n) is 7.78. The van der Waals surface area contributed by atoms with Gasteiger partial charge in [0.2, 0.25) is 0 Å². The molecular formula is C19H22FN. The molecule has 3 rings (SSSR count). The van der Waals surface area contributed by atoms with Gasteiger partial charge in [-0.25, -0.2) is 4.39 Å². The third-order valence-corrected chi connectivity index (χ3v) is 4.46. The van der Waals surface area contributed by atoms with Crippen molar-refractivity contribution in [3.8, 4) is 0 Å². The van der Waals surface area contributed by atoms with Crippen LogP contribution >= 0.6 is 0 Å². The summed E-state index contributed by atoms with van der Waals surface area (Å²) in [5.74, 6) is -0.128. The first-order valence-corrected chi connectivity index (χ1v) is 7.78. The fourth-order valence-electron chi connectivity index (χ4n) is 3.11. The Morgan fingerprint density at radius 2 is 1.90 bits per heavy atom. The Balaban J connectivity index is 1.84. The van der Waals surface area contributed by atoms with Gasteiger partial charge in [-0.2, -0.15) is 0 Å². The number of anilines is 1. The van der Waals surface area contributed by atoms with Gasteiger partial charge in [-0.05, 0) is 73.9 Å². The molecule has 2 heteroatoms. The molecule has 0 saturated heterocycles. The summed E-state index contributed by atoms with van der Waals surface area (Å²) in [5.41, 5.74) is 5.81. The molecule has 0 bridgehead atoms. The molecule has 2 aromatic rings. The Hall–Kier alpha value is -1.83. The highest BCUT2D eigenvalue weighted by Crippen LogP contribution is 2.30. The summed E-state index contributed by atoms with van der Waals surface area (Å²) in [7, 11) is 0. The summed E-state index contributed by atoms with van der Waals surface area (Å²) >= 11 is 0. The van der Waals surface area contributed by atoms with Crippen molar-refractivity contribution in [1.82, 2.24) is 0 Å². The summed E-state index contributed by atoms with van der Waals surface area (Å²) < 4.78 is 13.7. The van der Waals surface area contributed by atoms with E-state index in [1.54, 1.807) is 13.0 Å². The lowest BCUT2D eigenvalue weighted by atomic mass is 9.90. The minimum atomic E-state index is -0.128. The van der Waals surface area contributed by atoms with Crippen molar-refractivity contribution in [1.29, 1.82) is 0 Å². The Morgan fingerprint density at radius 1 is 1.10 bits per heavy atom. The molecule has 0 saturated carbocycles. The van der Waals surface area contributed by atoms with E-state index < -0.39 is 0 Å². The fraction of sp³-hybridized carbons (Fsp3) is 0.368. The van der Waals surface area contributed by atoms with Crippen molar-refractivity contribution in [3.63, 3.8) is 0 Å². The molecule has 0 heterocycles. The number of benzene rings is 2. The third-order valence-electron chi connectivity index (χ3n) is 4.46. The van der Waals surface area contributed by atoms with Crippen LogP contribution in [0.2, 0.25) is 0 Å². The van der Waals surface area contributed by atoms with Gasteiger partial charge in [0, 0.05) is 11.7 Å². The Kier molecular flexibility index (Phi) is 3.96. The molecule has 110 valence electrons. The van der Waals surface area contributed by atoms with E-state index in [2.05, 4.69) is 30.4 Å². The molecule has 21 heavy (non-hydrogen) atoms. The van der Waals surface area contributed by atoms with E-state index in [4.69, 9.17) is 0 Å². The number of hydrogen-bond acceptors (Lipinski definition) is 1. The second-order valence-electron chi connectivity index (χ2n) is 6.03. The predicted molar refractivity (Wildman–Crippen MR) is 86.3 cm³/mol. The monoisotopic (exact) mass is 283 g/mol. The molecule has 0 spiro atoms. The second kappa shape index (κ2) is 5.88. The zero-order chi connectivity index (χ0) is 14.8. The zero-order valence-electron chi connectivity index (χ0n) is 12.7. The molecule has 2 aromatic carbocycles. The molecule has 0 radical (unpaired) electrons. The number of halogens is 1. The van der Waals surface area contributed by atoms with Gasteiger partial charge >= 0.3 is 0 Å². The van der Waals surface area contributed by atoms with Gasteiger partial charge in [-0.15, -0.1) is 0 Å². The Labute approximate surface area is 126 Å². The maximum atomic E-state index is 13.7. The molecule has 0 amide bonds. The Bertz CT molecular complexity index is 648. The minimum absolute atomic E-state index is 0.105. The quantitative estimate of drug-likeness (QED) is 0.817. The van der Waals surface area contributed by atoms with Crippen LogP contribution in [0.15, 0.2) is 36.4 Å². The molecule has 0 fully saturated rings. The van der Waals surface area contributed by atoms with E-state index in [1.165, 1.54) is 36.1 Å². The second-order valence-corrected chi connectivity index (χ2v) is 6.03. The zero-order valence-corrected chi connectivity index (χ0v) is 12.7. The molecule has 1 aliphatic carbocycles. The topological polar surface area (TPSA) is 12.0 Å². The van der Waals surface area contributed by atoms with Crippen molar-refractivity contribution in [2.45, 2.75) is 45.6 Å². The van der Waals surface area contributed by atoms with E-state index >= 15 is 0 Å². The molecule has 0 aliphatic heterocycles. The number of aryl methyl sites for hydroxylation is 2. The maximum Gasteiger partial charge on any atom is 0.126 e. The van der Waals surface area contributed by atoms with Gasteiger partial charge in [0.05, 0.1) is 0 Å². The number of fused-ring (bicyclic) bond motifs is 1. The molecule has 1 atom stereocenters. The van der Waals surface area contributed by atoms with Crippen LogP contribution in [0.3, 0.4) is 0 Å². The van der Waals surface area contributed by atoms with Crippen molar-refractivity contribution in [2.75, 3.05) is 5.32 Å². The molecular weight excluding hydrogens is 261 g/mol. The molecule has 1 N–H and O–H groups in total. The van der Waals surface area contributed by atoms with Crippen LogP contribution in [0.25, 0.3) is 0 Å². The van der Waals surface area contributed by atoms with E-state index in [1.807, 2.05) is 12.1 Å². The fourth-order valence-corrected chi connectivity index (χ4v) is 3.11. The highest BCUT2D eigenvalue weighted by molar-refractivity contribution is 5.56. The average molecular weight is 283 g/mol. The molecule has 1 unspecified atom stereocenters. The van der Waals surface area contributed by atoms with E-state index in [0.29, 0.717) is 5.56 Å². The van der Waals surface area contributed by atoms with Crippen LogP contribution in [0.5, 0.6) is 0 Å². The smallest absolute Gasteiger partial charge is 0.126 e. The van der Waals surface area contributed by atoms with Crippen molar-refractivity contribution in [3.05, 3.63) is 64.5 Å². The first-order chi connectivity index (χ1) is 10.1. The maximum absolute atomic E-state index is 13.7. The van der Waals surface area contributed by atoms with Crippen LogP contribution < -0.4 is 5.32 Å². The van der Waals surface area contributed by atoms with Crippen LogP contribution in [-0.2, 0) is 12.8 Å². The lowest BCUT2D eigenvalue weighted by Gasteiger charge is -2.23. The van der Waals surface area contributed by atoms with Gasteiger partial charge in [0.25, 0.3) is 0 Å². The van der Waals surface area contributed by atoms with E-state index in [9.17, 15) is 4.39 Å². The minimum Gasteiger partial charge on any atom is -0.378 e. The van der Waals surface area contributed by atoms with Crippen LogP contribution in [0.4, 0.5) is 10.1 Å². The van der Waals surface area contributed by atoms with Crippen molar-refractivity contribution in [2.24, 2.45) is 0 Å². The van der Waals surface area contributed by atoms with Gasteiger partial charge in [0.15, 0.2) is 0 Å². The van der Waals surface area contributed by atoms with Crippen LogP contribution in [0.1, 0.15) is 48.1 Å². The summed E-state index contributed by atoms with van der Waals surface area (Å²) in [4.78, 5) is 0. The lowest BCUT2D eigenvalue weighted by molar-refractivity contribution is 0.614. The lowest BCUT2D eigenvalue weighted by Crippen LogP contribution is -2.12. The standard InChI is InChI=1S/C19H22FN/c1-13-10-11-16(12-18(13)20)14(2)21-19-9-5-7-15-6-3-4-8-17(15)19/h5,7,9-12,14,21H,3-4,6,8H2,1-2H3. The first kappa shape index (κ1) is 14.1. The van der Waals surface area contributed by atoms with E-state index in [0.717, 1.165) is 12.0 Å². The SMILES string of the molecule is Cc1ccc(C(C)Nc2cccc3c2CCCC3)cc1F. The summed E-state index contributed by atoms with van der Waals surface area (Å²) in [6, 6.07) is 12.1. The third kappa shape index (κ3) is 2.94. The average Bonchev–Trinajstić information content (AvgIpc) is 2.50.